The molecule has 2 aromatic heterocycles. The first-order chi connectivity index (χ1) is 17.6. The number of alkyl halides is 3. The molecule has 2 aliphatic heterocycles. The summed E-state index contributed by atoms with van der Waals surface area (Å²) in [5, 5.41) is 4.31. The molecule has 1 atom stereocenters. The van der Waals surface area contributed by atoms with Crippen LogP contribution in [0, 0.1) is 13.8 Å². The summed E-state index contributed by atoms with van der Waals surface area (Å²) in [6.07, 6.45) is -1.30. The van der Waals surface area contributed by atoms with E-state index in [-0.39, 0.29) is 18.5 Å². The first kappa shape index (κ1) is 25.0. The van der Waals surface area contributed by atoms with Gasteiger partial charge in [-0.3, -0.25) is 4.79 Å². The summed E-state index contributed by atoms with van der Waals surface area (Å²) >= 11 is 0. The molecule has 12 heteroatoms. The molecule has 9 nitrogen and oxygen atoms in total. The normalized spacial score (nSPS) is 18.2. The Bertz CT molecular complexity index is 1290. The second-order valence-corrected chi connectivity index (χ2v) is 9.60. The van der Waals surface area contributed by atoms with Gasteiger partial charge in [-0.1, -0.05) is 12.1 Å². The Labute approximate surface area is 212 Å². The van der Waals surface area contributed by atoms with Gasteiger partial charge in [0.2, 0.25) is 11.7 Å². The van der Waals surface area contributed by atoms with Gasteiger partial charge in [-0.2, -0.15) is 18.3 Å². The second kappa shape index (κ2) is 9.64. The van der Waals surface area contributed by atoms with E-state index in [1.165, 1.54) is 18.0 Å². The topological polar surface area (TPSA) is 83.3 Å². The Balaban J connectivity index is 1.29. The van der Waals surface area contributed by atoms with Crippen LogP contribution in [-0.2, 0) is 30.5 Å². The van der Waals surface area contributed by atoms with Crippen molar-refractivity contribution in [3.8, 4) is 0 Å². The highest BCUT2D eigenvalue weighted by atomic mass is 19.4. The number of carbonyl (C=O) groups is 1. The van der Waals surface area contributed by atoms with Crippen molar-refractivity contribution in [2.24, 2.45) is 0 Å². The van der Waals surface area contributed by atoms with Gasteiger partial charge in [0.05, 0.1) is 18.1 Å². The number of carbonyl (C=O) groups excluding carboxylic acids is 1. The molecule has 0 unspecified atom stereocenters. The maximum absolute atomic E-state index is 13.0. The largest absolute Gasteiger partial charge is 0.451 e. The van der Waals surface area contributed by atoms with Crippen LogP contribution in [0.4, 0.5) is 24.5 Å². The zero-order valence-electron chi connectivity index (χ0n) is 21.0. The van der Waals surface area contributed by atoms with Crippen molar-refractivity contribution in [1.29, 1.82) is 0 Å². The molecule has 1 aromatic carbocycles. The van der Waals surface area contributed by atoms with Crippen molar-refractivity contribution < 1.29 is 18.0 Å². The SMILES string of the molecule is Cc1nc(C)n(CC(=O)N2CCN(c3cccc4c3CN(c3cnc(C(F)(F)F)nc3)CC4)C[C@H]2C)n1. The summed E-state index contributed by atoms with van der Waals surface area (Å²) < 4.78 is 40.3. The molecule has 5 rings (SSSR count). The summed E-state index contributed by atoms with van der Waals surface area (Å²) in [5.74, 6) is 0.249. The van der Waals surface area contributed by atoms with E-state index >= 15 is 0 Å². The predicted octanol–water partition coefficient (Wildman–Crippen LogP) is 3.00. The number of hydrogen-bond donors (Lipinski definition) is 0. The standard InChI is InChI=1S/C25H29F3N8O/c1-16-13-34(9-10-35(16)23(37)15-36-18(3)31-17(2)32-36)22-6-4-5-19-7-8-33(14-21(19)22)20-11-29-24(30-12-20)25(26,27)28/h4-6,11-12,16H,7-10,13-15H2,1-3H3/t16-/m1/s1. The van der Waals surface area contributed by atoms with E-state index in [1.54, 1.807) is 4.68 Å². The minimum atomic E-state index is -4.56. The van der Waals surface area contributed by atoms with E-state index in [2.05, 4.69) is 37.1 Å². The summed E-state index contributed by atoms with van der Waals surface area (Å²) in [4.78, 5) is 30.6. The van der Waals surface area contributed by atoms with Crippen molar-refractivity contribution in [1.82, 2.24) is 29.6 Å². The number of rotatable bonds is 4. The van der Waals surface area contributed by atoms with Gasteiger partial charge in [-0.25, -0.2) is 19.6 Å². The number of fused-ring (bicyclic) bond motifs is 1. The maximum atomic E-state index is 13.0. The summed E-state index contributed by atoms with van der Waals surface area (Å²) in [6.45, 7) is 9.05. The van der Waals surface area contributed by atoms with Crippen LogP contribution in [0.25, 0.3) is 0 Å². The van der Waals surface area contributed by atoms with Crippen molar-refractivity contribution in [2.45, 2.75) is 52.5 Å². The van der Waals surface area contributed by atoms with Crippen molar-refractivity contribution in [3.63, 3.8) is 0 Å². The Kier molecular flexibility index (Phi) is 6.50. The molecule has 0 radical (unpaired) electrons. The van der Waals surface area contributed by atoms with Gasteiger partial charge in [0.15, 0.2) is 0 Å². The van der Waals surface area contributed by atoms with Crippen LogP contribution in [0.1, 0.15) is 35.5 Å². The average molecular weight is 515 g/mol. The van der Waals surface area contributed by atoms with Crippen molar-refractivity contribution in [2.75, 3.05) is 36.0 Å². The third kappa shape index (κ3) is 5.09. The molecule has 0 spiro atoms. The molecule has 1 saturated heterocycles. The van der Waals surface area contributed by atoms with Crippen LogP contribution >= 0.6 is 0 Å². The van der Waals surface area contributed by atoms with E-state index in [0.29, 0.717) is 44.2 Å². The third-order valence-corrected chi connectivity index (χ3v) is 7.04. The highest BCUT2D eigenvalue weighted by Gasteiger charge is 2.35. The number of benzene rings is 1. The molecule has 0 aliphatic carbocycles. The lowest BCUT2D eigenvalue weighted by atomic mass is 9.96. The van der Waals surface area contributed by atoms with E-state index in [1.807, 2.05) is 36.6 Å². The van der Waals surface area contributed by atoms with Crippen molar-refractivity contribution >= 4 is 17.3 Å². The quantitative estimate of drug-likeness (QED) is 0.529. The number of nitrogens with zero attached hydrogens (tertiary/aromatic N) is 8. The van der Waals surface area contributed by atoms with Crippen LogP contribution in [0.2, 0.25) is 0 Å². The lowest BCUT2D eigenvalue weighted by Crippen LogP contribution is -2.55. The second-order valence-electron chi connectivity index (χ2n) is 9.60. The summed E-state index contributed by atoms with van der Waals surface area (Å²) in [6, 6.07) is 6.23. The molecule has 0 N–H and O–H groups in total. The van der Waals surface area contributed by atoms with E-state index in [0.717, 1.165) is 23.5 Å². The molecular formula is C25H29F3N8O. The molecule has 2 aliphatic rings. The van der Waals surface area contributed by atoms with Gasteiger partial charge >= 0.3 is 6.18 Å². The highest BCUT2D eigenvalue weighted by molar-refractivity contribution is 5.77. The van der Waals surface area contributed by atoms with Crippen molar-refractivity contribution in [3.05, 3.63) is 59.2 Å². The number of aromatic nitrogens is 5. The Morgan fingerprint density at radius 2 is 1.84 bits per heavy atom. The molecule has 0 saturated carbocycles. The van der Waals surface area contributed by atoms with E-state index in [9.17, 15) is 18.0 Å². The lowest BCUT2D eigenvalue weighted by Gasteiger charge is -2.43. The highest BCUT2D eigenvalue weighted by Crippen LogP contribution is 2.33. The first-order valence-electron chi connectivity index (χ1n) is 12.3. The molecule has 0 bridgehead atoms. The molecule has 37 heavy (non-hydrogen) atoms. The number of anilines is 2. The fraction of sp³-hybridized carbons (Fsp3) is 0.480. The first-order valence-corrected chi connectivity index (χ1v) is 12.3. The van der Waals surface area contributed by atoms with Gasteiger partial charge in [-0.15, -0.1) is 0 Å². The minimum Gasteiger partial charge on any atom is -0.367 e. The van der Waals surface area contributed by atoms with Gasteiger partial charge in [-0.05, 0) is 44.4 Å². The number of amides is 1. The lowest BCUT2D eigenvalue weighted by molar-refractivity contribution is -0.145. The van der Waals surface area contributed by atoms with Gasteiger partial charge < -0.3 is 14.7 Å². The summed E-state index contributed by atoms with van der Waals surface area (Å²) in [7, 11) is 0. The number of piperazine rings is 1. The summed E-state index contributed by atoms with van der Waals surface area (Å²) in [5.41, 5.74) is 4.03. The fourth-order valence-electron chi connectivity index (χ4n) is 5.19. The molecule has 1 amide bonds. The molecule has 196 valence electrons. The van der Waals surface area contributed by atoms with Gasteiger partial charge in [0.25, 0.3) is 0 Å². The zero-order valence-corrected chi connectivity index (χ0v) is 21.0. The Morgan fingerprint density at radius 1 is 1.08 bits per heavy atom. The van der Waals surface area contributed by atoms with Crippen LogP contribution in [0.15, 0.2) is 30.6 Å². The van der Waals surface area contributed by atoms with Crippen LogP contribution in [0.5, 0.6) is 0 Å². The fourth-order valence-corrected chi connectivity index (χ4v) is 5.19. The van der Waals surface area contributed by atoms with Crippen LogP contribution in [0.3, 0.4) is 0 Å². The van der Waals surface area contributed by atoms with Gasteiger partial charge in [0.1, 0.15) is 18.2 Å². The Morgan fingerprint density at radius 3 is 2.49 bits per heavy atom. The Hall–Kier alpha value is -3.70. The van der Waals surface area contributed by atoms with Crippen LogP contribution < -0.4 is 9.80 Å². The van der Waals surface area contributed by atoms with E-state index in [4.69, 9.17) is 0 Å². The molecule has 4 heterocycles. The van der Waals surface area contributed by atoms with Gasteiger partial charge in [0, 0.05) is 44.5 Å². The maximum Gasteiger partial charge on any atom is 0.451 e. The van der Waals surface area contributed by atoms with E-state index < -0.39 is 12.0 Å². The number of aryl methyl sites for hydroxylation is 2. The third-order valence-electron chi connectivity index (χ3n) is 7.04. The zero-order chi connectivity index (χ0) is 26.3. The predicted molar refractivity (Wildman–Crippen MR) is 131 cm³/mol. The van der Waals surface area contributed by atoms with Crippen LogP contribution in [-0.4, -0.2) is 67.8 Å². The average Bonchev–Trinajstić information content (AvgIpc) is 3.18. The molecule has 1 fully saturated rings. The monoisotopic (exact) mass is 514 g/mol. The number of halogens is 3. The number of hydrogen-bond acceptors (Lipinski definition) is 7. The minimum absolute atomic E-state index is 0.00466. The molecular weight excluding hydrogens is 485 g/mol. The smallest absolute Gasteiger partial charge is 0.367 e. The molecule has 3 aromatic rings.